The van der Waals surface area contributed by atoms with Crippen LogP contribution in [0.25, 0.3) is 0 Å². The Hall–Kier alpha value is -2.93. The molecule has 142 valence electrons. The highest BCUT2D eigenvalue weighted by atomic mass is 19.1. The molecule has 0 aliphatic rings. The van der Waals surface area contributed by atoms with E-state index in [1.165, 1.54) is 6.07 Å². The maximum atomic E-state index is 14.0. The van der Waals surface area contributed by atoms with Gasteiger partial charge in [-0.15, -0.1) is 0 Å². The second kappa shape index (κ2) is 8.18. The zero-order chi connectivity index (χ0) is 19.4. The lowest BCUT2D eigenvalue weighted by Crippen LogP contribution is -2.25. The van der Waals surface area contributed by atoms with Gasteiger partial charge in [0.1, 0.15) is 29.0 Å². The molecule has 3 rings (SSSR count). The van der Waals surface area contributed by atoms with Crippen LogP contribution in [-0.4, -0.2) is 23.8 Å². The van der Waals surface area contributed by atoms with Gasteiger partial charge in [0.25, 0.3) is 0 Å². The average molecular weight is 373 g/mol. The summed E-state index contributed by atoms with van der Waals surface area (Å²) in [5.41, 5.74) is 1.07. The van der Waals surface area contributed by atoms with Gasteiger partial charge in [-0.3, -0.25) is 5.32 Å². The lowest BCUT2D eigenvalue weighted by molar-refractivity contribution is 0.392. The number of benzene rings is 2. The van der Waals surface area contributed by atoms with Gasteiger partial charge in [-0.05, 0) is 35.9 Å². The first kappa shape index (κ1) is 18.8. The quantitative estimate of drug-likeness (QED) is 0.688. The first-order valence-corrected chi connectivity index (χ1v) is 8.39. The highest BCUT2D eigenvalue weighted by Crippen LogP contribution is 2.29. The van der Waals surface area contributed by atoms with E-state index in [-0.39, 0.29) is 18.2 Å². The van der Waals surface area contributed by atoms with Crippen LogP contribution in [0.4, 0.5) is 8.78 Å². The van der Waals surface area contributed by atoms with Crippen molar-refractivity contribution in [2.45, 2.75) is 12.6 Å². The molecule has 3 aromatic rings. The molecule has 0 bridgehead atoms. The van der Waals surface area contributed by atoms with Gasteiger partial charge in [0.15, 0.2) is 0 Å². The Kier molecular flexibility index (Phi) is 5.71. The van der Waals surface area contributed by atoms with E-state index in [9.17, 15) is 8.78 Å². The largest absolute Gasteiger partial charge is 0.497 e. The number of aryl methyl sites for hydroxylation is 1. The number of imidazole rings is 1. The third-order valence-corrected chi connectivity index (χ3v) is 4.33. The van der Waals surface area contributed by atoms with Crippen LogP contribution in [0.3, 0.4) is 0 Å². The summed E-state index contributed by atoms with van der Waals surface area (Å²) < 4.78 is 40.1. The minimum Gasteiger partial charge on any atom is -0.497 e. The molecule has 0 fully saturated rings. The molecule has 1 aromatic heterocycles. The van der Waals surface area contributed by atoms with Crippen molar-refractivity contribution < 1.29 is 18.3 Å². The fraction of sp³-hybridized carbons (Fsp3) is 0.250. The van der Waals surface area contributed by atoms with Crippen molar-refractivity contribution in [2.75, 3.05) is 14.2 Å². The molecule has 2 aromatic carbocycles. The van der Waals surface area contributed by atoms with Crippen LogP contribution >= 0.6 is 0 Å². The number of hydrogen-bond donors (Lipinski definition) is 1. The summed E-state index contributed by atoms with van der Waals surface area (Å²) in [6.45, 7) is 0.126. The summed E-state index contributed by atoms with van der Waals surface area (Å²) in [4.78, 5) is 4.41. The van der Waals surface area contributed by atoms with Gasteiger partial charge in [-0.1, -0.05) is 0 Å². The van der Waals surface area contributed by atoms with Gasteiger partial charge in [0.05, 0.1) is 20.3 Å². The Balaban J connectivity index is 1.97. The zero-order valence-corrected chi connectivity index (χ0v) is 15.4. The topological polar surface area (TPSA) is 48.3 Å². The first-order chi connectivity index (χ1) is 13.0. The van der Waals surface area contributed by atoms with Crippen LogP contribution in [-0.2, 0) is 13.6 Å². The molecule has 1 atom stereocenters. The third-order valence-electron chi connectivity index (χ3n) is 4.33. The molecule has 5 nitrogen and oxygen atoms in total. The fourth-order valence-corrected chi connectivity index (χ4v) is 2.90. The molecule has 0 aliphatic carbocycles. The molecule has 27 heavy (non-hydrogen) atoms. The molecule has 0 spiro atoms. The highest BCUT2D eigenvalue weighted by molar-refractivity contribution is 5.41. The molecule has 0 saturated heterocycles. The van der Waals surface area contributed by atoms with Crippen molar-refractivity contribution in [2.24, 2.45) is 7.05 Å². The normalized spacial score (nSPS) is 12.0. The van der Waals surface area contributed by atoms with Crippen molar-refractivity contribution in [3.63, 3.8) is 0 Å². The van der Waals surface area contributed by atoms with E-state index in [1.54, 1.807) is 26.5 Å². The summed E-state index contributed by atoms with van der Waals surface area (Å²) in [6, 6.07) is 8.51. The molecule has 0 amide bonds. The maximum Gasteiger partial charge on any atom is 0.130 e. The smallest absolute Gasteiger partial charge is 0.130 e. The zero-order valence-electron chi connectivity index (χ0n) is 15.4. The molecule has 1 heterocycles. The Morgan fingerprint density at radius 1 is 1.07 bits per heavy atom. The minimum absolute atomic E-state index is 0.126. The van der Waals surface area contributed by atoms with E-state index >= 15 is 0 Å². The summed E-state index contributed by atoms with van der Waals surface area (Å²) in [5.74, 6) is 1.03. The van der Waals surface area contributed by atoms with Crippen molar-refractivity contribution in [1.29, 1.82) is 0 Å². The monoisotopic (exact) mass is 373 g/mol. The summed E-state index contributed by atoms with van der Waals surface area (Å²) in [5, 5.41) is 3.27. The summed E-state index contributed by atoms with van der Waals surface area (Å²) in [7, 11) is 5.02. The van der Waals surface area contributed by atoms with Gasteiger partial charge >= 0.3 is 0 Å². The second-order valence-corrected chi connectivity index (χ2v) is 6.09. The third kappa shape index (κ3) is 4.25. The number of hydrogen-bond acceptors (Lipinski definition) is 4. The summed E-state index contributed by atoms with van der Waals surface area (Å²) in [6.07, 6.45) is 3.51. The molecule has 7 heteroatoms. The van der Waals surface area contributed by atoms with Gasteiger partial charge in [0.2, 0.25) is 0 Å². The Labute approximate surface area is 156 Å². The maximum absolute atomic E-state index is 14.0. The van der Waals surface area contributed by atoms with Gasteiger partial charge < -0.3 is 14.0 Å². The van der Waals surface area contributed by atoms with E-state index in [4.69, 9.17) is 9.47 Å². The number of aromatic nitrogens is 2. The standard InChI is InChI=1S/C20H21F2N3O2/c1-25-7-6-23-20(25)19(13-9-16(26-2)11-17(10-13)27-3)24-12-14-8-15(21)4-5-18(14)22/h4-11,19,24H,12H2,1-3H3. The van der Waals surface area contributed by atoms with Gasteiger partial charge in [-0.25, -0.2) is 13.8 Å². The minimum atomic E-state index is -0.482. The van der Waals surface area contributed by atoms with Crippen LogP contribution in [0, 0.1) is 11.6 Å². The lowest BCUT2D eigenvalue weighted by Gasteiger charge is -2.21. The van der Waals surface area contributed by atoms with E-state index in [0.717, 1.165) is 23.5 Å². The molecule has 0 saturated carbocycles. The molecular weight excluding hydrogens is 352 g/mol. The molecule has 0 radical (unpaired) electrons. The van der Waals surface area contributed by atoms with Crippen molar-refractivity contribution in [1.82, 2.24) is 14.9 Å². The first-order valence-electron chi connectivity index (χ1n) is 8.39. The Morgan fingerprint density at radius 2 is 1.78 bits per heavy atom. The van der Waals surface area contributed by atoms with Gasteiger partial charge in [0, 0.05) is 37.6 Å². The second-order valence-electron chi connectivity index (χ2n) is 6.09. The SMILES string of the molecule is COc1cc(OC)cc(C(NCc2cc(F)ccc2F)c2nccn2C)c1. The summed E-state index contributed by atoms with van der Waals surface area (Å²) >= 11 is 0. The van der Waals surface area contributed by atoms with Crippen LogP contribution in [0.1, 0.15) is 23.0 Å². The number of halogens is 2. The number of methoxy groups -OCH3 is 2. The van der Waals surface area contributed by atoms with E-state index < -0.39 is 11.6 Å². The predicted octanol–water partition coefficient (Wildman–Crippen LogP) is 3.59. The molecule has 1 unspecified atom stereocenters. The Bertz CT molecular complexity index is 905. The van der Waals surface area contributed by atoms with Crippen molar-refractivity contribution in [3.05, 3.63) is 77.4 Å². The number of nitrogens with zero attached hydrogens (tertiary/aromatic N) is 2. The highest BCUT2D eigenvalue weighted by Gasteiger charge is 2.20. The lowest BCUT2D eigenvalue weighted by atomic mass is 10.0. The molecular formula is C20H21F2N3O2. The van der Waals surface area contributed by atoms with E-state index in [1.807, 2.05) is 29.9 Å². The van der Waals surface area contributed by atoms with Crippen LogP contribution in [0.2, 0.25) is 0 Å². The van der Waals surface area contributed by atoms with E-state index in [0.29, 0.717) is 11.5 Å². The van der Waals surface area contributed by atoms with Crippen LogP contribution in [0.15, 0.2) is 48.8 Å². The van der Waals surface area contributed by atoms with Crippen LogP contribution in [0.5, 0.6) is 11.5 Å². The van der Waals surface area contributed by atoms with E-state index in [2.05, 4.69) is 10.3 Å². The van der Waals surface area contributed by atoms with Crippen molar-refractivity contribution in [3.8, 4) is 11.5 Å². The number of nitrogens with one attached hydrogen (secondary N) is 1. The molecule has 1 N–H and O–H groups in total. The predicted molar refractivity (Wildman–Crippen MR) is 97.8 cm³/mol. The number of rotatable bonds is 7. The van der Waals surface area contributed by atoms with Gasteiger partial charge in [-0.2, -0.15) is 0 Å². The van der Waals surface area contributed by atoms with Crippen LogP contribution < -0.4 is 14.8 Å². The number of ether oxygens (including phenoxy) is 2. The fourth-order valence-electron chi connectivity index (χ4n) is 2.90. The average Bonchev–Trinajstić information content (AvgIpc) is 3.10. The Morgan fingerprint density at radius 3 is 2.37 bits per heavy atom. The van der Waals surface area contributed by atoms with Crippen molar-refractivity contribution >= 4 is 0 Å². The molecule has 0 aliphatic heterocycles.